The van der Waals surface area contributed by atoms with Gasteiger partial charge in [0.1, 0.15) is 5.60 Å². The molecule has 1 aliphatic rings. The van der Waals surface area contributed by atoms with Crippen molar-refractivity contribution in [1.29, 1.82) is 0 Å². The molecule has 2 unspecified atom stereocenters. The van der Waals surface area contributed by atoms with Gasteiger partial charge in [-0.1, -0.05) is 33.1 Å². The van der Waals surface area contributed by atoms with Crippen LogP contribution in [0.3, 0.4) is 0 Å². The van der Waals surface area contributed by atoms with Crippen LogP contribution in [-0.2, 0) is 9.53 Å². The Balaban J connectivity index is 2.43. The first-order valence-electron chi connectivity index (χ1n) is 8.40. The predicted molar refractivity (Wildman–Crippen MR) is 84.6 cm³/mol. The average Bonchev–Trinajstić information content (AvgIpc) is 2.36. The summed E-state index contributed by atoms with van der Waals surface area (Å²) in [6, 6.07) is 0. The maximum Gasteiger partial charge on any atom is 0.312 e. The molecule has 0 amide bonds. The number of rotatable bonds is 6. The molecule has 0 N–H and O–H groups in total. The molecule has 0 saturated heterocycles. The molecule has 0 aromatic heterocycles. The van der Waals surface area contributed by atoms with Crippen molar-refractivity contribution >= 4 is 5.97 Å². The van der Waals surface area contributed by atoms with E-state index in [0.29, 0.717) is 0 Å². The lowest BCUT2D eigenvalue weighted by atomic mass is 9.79. The highest BCUT2D eigenvalue weighted by Gasteiger charge is 2.33. The van der Waals surface area contributed by atoms with Crippen LogP contribution in [0.15, 0.2) is 0 Å². The van der Waals surface area contributed by atoms with E-state index >= 15 is 0 Å². The van der Waals surface area contributed by atoms with Crippen molar-refractivity contribution in [2.75, 3.05) is 0 Å². The molecule has 2 nitrogen and oxygen atoms in total. The largest absolute Gasteiger partial charge is 0.459 e. The van der Waals surface area contributed by atoms with Crippen molar-refractivity contribution < 1.29 is 9.53 Å². The standard InChI is InChI=1S/C18H34O2/c1-7-17(3,4)16(19)20-18(5,6)12-11-15-10-8-9-14(2)13-15/h14-15H,7-13H2,1-6H3. The minimum atomic E-state index is -0.364. The molecule has 20 heavy (non-hydrogen) atoms. The van der Waals surface area contributed by atoms with E-state index in [0.717, 1.165) is 24.7 Å². The molecule has 0 radical (unpaired) electrons. The fraction of sp³-hybridized carbons (Fsp3) is 0.944. The maximum atomic E-state index is 12.2. The van der Waals surface area contributed by atoms with Gasteiger partial charge in [0, 0.05) is 0 Å². The average molecular weight is 282 g/mol. The molecule has 0 heterocycles. The van der Waals surface area contributed by atoms with E-state index in [1.54, 1.807) is 0 Å². The van der Waals surface area contributed by atoms with Gasteiger partial charge in [0.05, 0.1) is 5.41 Å². The Hall–Kier alpha value is -0.530. The van der Waals surface area contributed by atoms with Crippen molar-refractivity contribution in [3.05, 3.63) is 0 Å². The first kappa shape index (κ1) is 17.5. The summed E-state index contributed by atoms with van der Waals surface area (Å²) in [5.41, 5.74) is -0.694. The summed E-state index contributed by atoms with van der Waals surface area (Å²) in [4.78, 5) is 12.2. The second-order valence-electron chi connectivity index (χ2n) is 8.06. The van der Waals surface area contributed by atoms with Crippen LogP contribution in [0.2, 0.25) is 0 Å². The van der Waals surface area contributed by atoms with Crippen LogP contribution in [0, 0.1) is 17.3 Å². The molecule has 0 aromatic carbocycles. The van der Waals surface area contributed by atoms with Crippen LogP contribution >= 0.6 is 0 Å². The zero-order chi connectivity index (χ0) is 15.4. The topological polar surface area (TPSA) is 26.3 Å². The molecule has 118 valence electrons. The molecule has 0 spiro atoms. The van der Waals surface area contributed by atoms with Gasteiger partial charge in [-0.05, 0) is 65.2 Å². The second-order valence-corrected chi connectivity index (χ2v) is 8.06. The van der Waals surface area contributed by atoms with E-state index in [-0.39, 0.29) is 17.0 Å². The molecule has 1 saturated carbocycles. The molecule has 2 heteroatoms. The zero-order valence-corrected chi connectivity index (χ0v) is 14.4. The minimum Gasteiger partial charge on any atom is -0.459 e. The fourth-order valence-electron chi connectivity index (χ4n) is 2.96. The molecule has 2 atom stereocenters. The van der Waals surface area contributed by atoms with Crippen LogP contribution in [0.4, 0.5) is 0 Å². The van der Waals surface area contributed by atoms with Crippen molar-refractivity contribution in [2.45, 2.75) is 92.1 Å². The van der Waals surface area contributed by atoms with Gasteiger partial charge in [-0.2, -0.15) is 0 Å². The number of carbonyl (C=O) groups is 1. The Bertz CT molecular complexity index is 317. The van der Waals surface area contributed by atoms with Gasteiger partial charge in [-0.25, -0.2) is 0 Å². The smallest absolute Gasteiger partial charge is 0.312 e. The summed E-state index contributed by atoms with van der Waals surface area (Å²) in [5, 5.41) is 0. The molecule has 0 bridgehead atoms. The van der Waals surface area contributed by atoms with E-state index in [1.165, 1.54) is 32.1 Å². The predicted octanol–water partition coefficient (Wildman–Crippen LogP) is 5.35. The molecule has 1 fully saturated rings. The Morgan fingerprint density at radius 3 is 2.40 bits per heavy atom. The third-order valence-corrected chi connectivity index (χ3v) is 5.01. The lowest BCUT2D eigenvalue weighted by Gasteiger charge is -2.33. The summed E-state index contributed by atoms with van der Waals surface area (Å²) in [6.07, 6.45) is 8.46. The van der Waals surface area contributed by atoms with E-state index in [4.69, 9.17) is 4.74 Å². The monoisotopic (exact) mass is 282 g/mol. The van der Waals surface area contributed by atoms with Crippen molar-refractivity contribution in [3.8, 4) is 0 Å². The van der Waals surface area contributed by atoms with Crippen LogP contribution < -0.4 is 0 Å². The van der Waals surface area contributed by atoms with E-state index in [1.807, 2.05) is 20.8 Å². The second kappa shape index (κ2) is 6.95. The highest BCUT2D eigenvalue weighted by molar-refractivity contribution is 5.76. The SMILES string of the molecule is CCC(C)(C)C(=O)OC(C)(C)CCC1CCCC(C)C1. The van der Waals surface area contributed by atoms with Gasteiger partial charge >= 0.3 is 5.97 Å². The number of esters is 1. The normalized spacial score (nSPS) is 24.5. The number of hydrogen-bond acceptors (Lipinski definition) is 2. The lowest BCUT2D eigenvalue weighted by molar-refractivity contribution is -0.168. The van der Waals surface area contributed by atoms with Gasteiger partial charge in [0.2, 0.25) is 0 Å². The van der Waals surface area contributed by atoms with Gasteiger partial charge in [-0.3, -0.25) is 4.79 Å². The number of carbonyl (C=O) groups excluding carboxylic acids is 1. The van der Waals surface area contributed by atoms with Gasteiger partial charge in [0.15, 0.2) is 0 Å². The van der Waals surface area contributed by atoms with Crippen LogP contribution in [0.1, 0.15) is 86.5 Å². The minimum absolute atomic E-state index is 0.0537. The summed E-state index contributed by atoms with van der Waals surface area (Å²) in [7, 11) is 0. The number of hydrogen-bond donors (Lipinski definition) is 0. The fourth-order valence-corrected chi connectivity index (χ4v) is 2.96. The van der Waals surface area contributed by atoms with E-state index in [2.05, 4.69) is 20.8 Å². The summed E-state index contributed by atoms with van der Waals surface area (Å²) < 4.78 is 5.77. The first-order chi connectivity index (χ1) is 9.16. The summed E-state index contributed by atoms with van der Waals surface area (Å²) in [6.45, 7) is 12.5. The van der Waals surface area contributed by atoms with E-state index < -0.39 is 0 Å². The third kappa shape index (κ3) is 5.46. The Labute approximate surface area is 125 Å². The molecule has 0 aromatic rings. The lowest BCUT2D eigenvalue weighted by Crippen LogP contribution is -2.36. The molecular weight excluding hydrogens is 248 g/mol. The first-order valence-corrected chi connectivity index (χ1v) is 8.40. The van der Waals surface area contributed by atoms with Crippen molar-refractivity contribution in [1.82, 2.24) is 0 Å². The van der Waals surface area contributed by atoms with E-state index in [9.17, 15) is 4.79 Å². The van der Waals surface area contributed by atoms with Gasteiger partial charge in [0.25, 0.3) is 0 Å². The van der Waals surface area contributed by atoms with Crippen molar-refractivity contribution in [3.63, 3.8) is 0 Å². The quantitative estimate of drug-likeness (QED) is 0.614. The Morgan fingerprint density at radius 2 is 1.85 bits per heavy atom. The maximum absolute atomic E-state index is 12.2. The summed E-state index contributed by atoms with van der Waals surface area (Å²) in [5.74, 6) is 1.65. The highest BCUT2D eigenvalue weighted by atomic mass is 16.6. The highest BCUT2D eigenvalue weighted by Crippen LogP contribution is 2.34. The summed E-state index contributed by atoms with van der Waals surface area (Å²) >= 11 is 0. The van der Waals surface area contributed by atoms with Crippen LogP contribution in [0.5, 0.6) is 0 Å². The molecular formula is C18H34O2. The molecule has 1 aliphatic carbocycles. The van der Waals surface area contributed by atoms with Gasteiger partial charge < -0.3 is 4.74 Å². The number of ether oxygens (including phenoxy) is 1. The van der Waals surface area contributed by atoms with Crippen LogP contribution in [0.25, 0.3) is 0 Å². The third-order valence-electron chi connectivity index (χ3n) is 5.01. The Morgan fingerprint density at radius 1 is 1.20 bits per heavy atom. The molecule has 0 aliphatic heterocycles. The zero-order valence-electron chi connectivity index (χ0n) is 14.4. The van der Waals surface area contributed by atoms with Gasteiger partial charge in [-0.15, -0.1) is 0 Å². The molecule has 1 rings (SSSR count). The van der Waals surface area contributed by atoms with Crippen LogP contribution in [-0.4, -0.2) is 11.6 Å². The van der Waals surface area contributed by atoms with Crippen molar-refractivity contribution in [2.24, 2.45) is 17.3 Å². The Kier molecular flexibility index (Phi) is 6.09.